The van der Waals surface area contributed by atoms with Crippen LogP contribution in [0.4, 0.5) is 0 Å². The first-order chi connectivity index (χ1) is 6.99. The molecule has 1 aromatic carbocycles. The Labute approximate surface area is 90.0 Å². The predicted octanol–water partition coefficient (Wildman–Crippen LogP) is 2.01. The van der Waals surface area contributed by atoms with Gasteiger partial charge in [0, 0.05) is 0 Å². The van der Waals surface area contributed by atoms with Crippen LogP contribution in [0.2, 0.25) is 0 Å². The van der Waals surface area contributed by atoms with E-state index < -0.39 is 10.0 Å². The van der Waals surface area contributed by atoms with E-state index in [2.05, 4.69) is 6.58 Å². The largest absolute Gasteiger partial charge is 0.238 e. The van der Waals surface area contributed by atoms with Gasteiger partial charge in [0.05, 0.1) is 4.90 Å². The van der Waals surface area contributed by atoms with Crippen molar-refractivity contribution in [3.05, 3.63) is 42.0 Å². The lowest BCUT2D eigenvalue weighted by Crippen LogP contribution is -2.12. The maximum absolute atomic E-state index is 11.1. The number of benzene rings is 1. The van der Waals surface area contributed by atoms with Crippen molar-refractivity contribution in [3.8, 4) is 0 Å². The third kappa shape index (κ3) is 2.78. The summed E-state index contributed by atoms with van der Waals surface area (Å²) >= 11 is 0. The Morgan fingerprint density at radius 3 is 2.47 bits per heavy atom. The van der Waals surface area contributed by atoms with Gasteiger partial charge < -0.3 is 0 Å². The topological polar surface area (TPSA) is 60.2 Å². The Morgan fingerprint density at radius 1 is 1.33 bits per heavy atom. The third-order valence-electron chi connectivity index (χ3n) is 1.95. The van der Waals surface area contributed by atoms with Gasteiger partial charge in [-0.1, -0.05) is 30.9 Å². The molecule has 4 heteroatoms. The van der Waals surface area contributed by atoms with E-state index in [0.29, 0.717) is 0 Å². The summed E-state index contributed by atoms with van der Waals surface area (Å²) in [6.45, 7) is 5.51. The van der Waals surface area contributed by atoms with E-state index in [9.17, 15) is 8.42 Å². The van der Waals surface area contributed by atoms with Crippen molar-refractivity contribution in [2.45, 2.75) is 11.8 Å². The molecule has 0 aliphatic carbocycles. The van der Waals surface area contributed by atoms with Crippen LogP contribution in [0.25, 0.3) is 12.2 Å². The molecule has 80 valence electrons. The van der Waals surface area contributed by atoms with Gasteiger partial charge in [-0.25, -0.2) is 13.6 Å². The smallest absolute Gasteiger partial charge is 0.225 e. The van der Waals surface area contributed by atoms with Gasteiger partial charge in [-0.3, -0.25) is 0 Å². The van der Waals surface area contributed by atoms with E-state index in [1.165, 1.54) is 12.1 Å². The molecule has 0 aromatic heterocycles. The fourth-order valence-electron chi connectivity index (χ4n) is 1.24. The van der Waals surface area contributed by atoms with E-state index in [1.807, 2.05) is 19.1 Å². The molecule has 0 saturated heterocycles. The molecular weight excluding hydrogens is 210 g/mol. The first-order valence-electron chi connectivity index (χ1n) is 4.41. The summed E-state index contributed by atoms with van der Waals surface area (Å²) in [5.41, 5.74) is 1.67. The SMILES string of the molecule is C=Cc1ccc(S(N)(=O)=O)cc1/C=C\C. The van der Waals surface area contributed by atoms with Crippen LogP contribution in [-0.4, -0.2) is 8.42 Å². The summed E-state index contributed by atoms with van der Waals surface area (Å²) in [4.78, 5) is 0.112. The number of allylic oxidation sites excluding steroid dienone is 1. The van der Waals surface area contributed by atoms with Crippen molar-refractivity contribution in [2.24, 2.45) is 5.14 Å². The fraction of sp³-hybridized carbons (Fsp3) is 0.0909. The highest BCUT2D eigenvalue weighted by atomic mass is 32.2. The quantitative estimate of drug-likeness (QED) is 0.852. The van der Waals surface area contributed by atoms with Crippen LogP contribution in [0.5, 0.6) is 0 Å². The van der Waals surface area contributed by atoms with Crippen LogP contribution in [0.1, 0.15) is 18.1 Å². The lowest BCUT2D eigenvalue weighted by molar-refractivity contribution is 0.598. The van der Waals surface area contributed by atoms with Gasteiger partial charge in [0.1, 0.15) is 0 Å². The molecule has 0 amide bonds. The molecule has 0 heterocycles. The van der Waals surface area contributed by atoms with Gasteiger partial charge in [0.25, 0.3) is 0 Å². The lowest BCUT2D eigenvalue weighted by atomic mass is 10.1. The second-order valence-electron chi connectivity index (χ2n) is 3.04. The van der Waals surface area contributed by atoms with Gasteiger partial charge >= 0.3 is 0 Å². The van der Waals surface area contributed by atoms with Crippen LogP contribution < -0.4 is 5.14 Å². The second kappa shape index (κ2) is 4.42. The molecule has 3 nitrogen and oxygen atoms in total. The average molecular weight is 223 g/mol. The number of hydrogen-bond donors (Lipinski definition) is 1. The van der Waals surface area contributed by atoms with Crippen molar-refractivity contribution in [2.75, 3.05) is 0 Å². The maximum Gasteiger partial charge on any atom is 0.238 e. The lowest BCUT2D eigenvalue weighted by Gasteiger charge is -2.03. The highest BCUT2D eigenvalue weighted by molar-refractivity contribution is 7.89. The van der Waals surface area contributed by atoms with Crippen molar-refractivity contribution in [1.82, 2.24) is 0 Å². The van der Waals surface area contributed by atoms with Gasteiger partial charge in [0.15, 0.2) is 0 Å². The van der Waals surface area contributed by atoms with Crippen molar-refractivity contribution >= 4 is 22.2 Å². The standard InChI is InChI=1S/C11H13NO2S/c1-3-5-10-8-11(15(12,13)14)7-6-9(10)4-2/h3-8H,2H2,1H3,(H2,12,13,14)/b5-3-. The molecule has 0 aliphatic heterocycles. The molecule has 0 unspecified atom stereocenters. The molecule has 0 saturated carbocycles. The fourth-order valence-corrected chi connectivity index (χ4v) is 1.79. The molecule has 1 rings (SSSR count). The summed E-state index contributed by atoms with van der Waals surface area (Å²) in [5.74, 6) is 0. The number of rotatable bonds is 3. The number of nitrogens with two attached hydrogens (primary N) is 1. The van der Waals surface area contributed by atoms with Crippen LogP contribution in [0.15, 0.2) is 35.7 Å². The first kappa shape index (κ1) is 11.7. The van der Waals surface area contributed by atoms with Gasteiger partial charge in [-0.05, 0) is 30.2 Å². The summed E-state index contributed by atoms with van der Waals surface area (Å²) < 4.78 is 22.2. The summed E-state index contributed by atoms with van der Waals surface area (Å²) in [6.07, 6.45) is 5.31. The zero-order valence-corrected chi connectivity index (χ0v) is 9.29. The van der Waals surface area contributed by atoms with Gasteiger partial charge in [-0.15, -0.1) is 0 Å². The first-order valence-corrected chi connectivity index (χ1v) is 5.95. The second-order valence-corrected chi connectivity index (χ2v) is 4.60. The Balaban J connectivity index is 3.41. The molecule has 0 atom stereocenters. The molecule has 0 spiro atoms. The van der Waals surface area contributed by atoms with Crippen LogP contribution in [0, 0.1) is 0 Å². The van der Waals surface area contributed by atoms with E-state index >= 15 is 0 Å². The Morgan fingerprint density at radius 2 is 2.00 bits per heavy atom. The Bertz CT molecular complexity index is 501. The molecular formula is C11H13NO2S. The Hall–Kier alpha value is -1.39. The maximum atomic E-state index is 11.1. The Kier molecular flexibility index (Phi) is 3.44. The monoisotopic (exact) mass is 223 g/mol. The highest BCUT2D eigenvalue weighted by Crippen LogP contribution is 2.17. The van der Waals surface area contributed by atoms with E-state index in [1.54, 1.807) is 12.1 Å². The average Bonchev–Trinajstić information content (AvgIpc) is 2.17. The van der Waals surface area contributed by atoms with Crippen LogP contribution in [-0.2, 0) is 10.0 Å². The zero-order chi connectivity index (χ0) is 11.5. The molecule has 15 heavy (non-hydrogen) atoms. The number of primary sulfonamides is 1. The molecule has 2 N–H and O–H groups in total. The molecule has 0 bridgehead atoms. The molecule has 0 radical (unpaired) electrons. The minimum Gasteiger partial charge on any atom is -0.225 e. The predicted molar refractivity (Wildman–Crippen MR) is 62.6 cm³/mol. The minimum absolute atomic E-state index is 0.112. The van der Waals surface area contributed by atoms with Crippen LogP contribution in [0.3, 0.4) is 0 Å². The van der Waals surface area contributed by atoms with E-state index in [-0.39, 0.29) is 4.90 Å². The molecule has 0 aliphatic rings. The van der Waals surface area contributed by atoms with Crippen molar-refractivity contribution < 1.29 is 8.42 Å². The number of hydrogen-bond acceptors (Lipinski definition) is 2. The van der Waals surface area contributed by atoms with Crippen molar-refractivity contribution in [3.63, 3.8) is 0 Å². The zero-order valence-electron chi connectivity index (χ0n) is 8.47. The van der Waals surface area contributed by atoms with E-state index in [4.69, 9.17) is 5.14 Å². The van der Waals surface area contributed by atoms with Gasteiger partial charge in [0.2, 0.25) is 10.0 Å². The molecule has 0 fully saturated rings. The van der Waals surface area contributed by atoms with E-state index in [0.717, 1.165) is 11.1 Å². The number of sulfonamides is 1. The minimum atomic E-state index is -3.64. The normalized spacial score (nSPS) is 11.9. The summed E-state index contributed by atoms with van der Waals surface area (Å²) in [5, 5.41) is 5.04. The van der Waals surface area contributed by atoms with Gasteiger partial charge in [-0.2, -0.15) is 0 Å². The van der Waals surface area contributed by atoms with Crippen molar-refractivity contribution in [1.29, 1.82) is 0 Å². The summed E-state index contributed by atoms with van der Waals surface area (Å²) in [7, 11) is -3.64. The highest BCUT2D eigenvalue weighted by Gasteiger charge is 2.08. The van der Waals surface area contributed by atoms with Crippen LogP contribution >= 0.6 is 0 Å². The third-order valence-corrected chi connectivity index (χ3v) is 2.86. The molecule has 1 aromatic rings. The summed E-state index contributed by atoms with van der Waals surface area (Å²) in [6, 6.07) is 4.69.